The molecule has 0 aromatic carbocycles. The molecule has 0 saturated heterocycles. The third-order valence-electron chi connectivity index (χ3n) is 2.77. The van der Waals surface area contributed by atoms with Gasteiger partial charge < -0.3 is 10.2 Å². The molecule has 0 aliphatic rings. The van der Waals surface area contributed by atoms with E-state index >= 15 is 0 Å². The fourth-order valence-electron chi connectivity index (χ4n) is 1.71. The minimum atomic E-state index is -0.540. The fourth-order valence-corrected chi connectivity index (χ4v) is 1.82. The molecule has 0 aliphatic carbocycles. The summed E-state index contributed by atoms with van der Waals surface area (Å²) in [5.74, 6) is 0.717. The Morgan fingerprint density at radius 3 is 2.92 bits per heavy atom. The monoisotopic (exact) mass is 352 g/mol. The number of hydrogen-bond donors (Lipinski definition) is 3. The van der Waals surface area contributed by atoms with E-state index in [1.807, 2.05) is 24.1 Å². The Morgan fingerprint density at radius 2 is 2.33 bits per heavy atom. The second kappa shape index (κ2) is 10.9. The van der Waals surface area contributed by atoms with Crippen LogP contribution in [0.25, 0.3) is 0 Å². The summed E-state index contributed by atoms with van der Waals surface area (Å²) >= 11 is 5.75. The highest BCUT2D eigenvalue weighted by Gasteiger charge is 2.03. The smallest absolute Gasteiger partial charge is 0.275 e. The van der Waals surface area contributed by atoms with Crippen LogP contribution < -0.4 is 16.2 Å². The molecule has 1 heterocycles. The SMILES string of the molecule is C=CN(/C=C\C)CCCN/C(=C/[N+](=O)[O-])NNc1ccc(Cl)cn1. The van der Waals surface area contributed by atoms with E-state index in [0.29, 0.717) is 17.4 Å². The van der Waals surface area contributed by atoms with Gasteiger partial charge >= 0.3 is 0 Å². The first-order chi connectivity index (χ1) is 11.5. The molecule has 0 unspecified atom stereocenters. The predicted octanol–water partition coefficient (Wildman–Crippen LogP) is 2.69. The largest absolute Gasteiger partial charge is 0.365 e. The molecule has 0 amide bonds. The van der Waals surface area contributed by atoms with Crippen molar-refractivity contribution in [2.75, 3.05) is 18.5 Å². The first-order valence-corrected chi connectivity index (χ1v) is 7.67. The van der Waals surface area contributed by atoms with Gasteiger partial charge in [-0.2, -0.15) is 0 Å². The van der Waals surface area contributed by atoms with Crippen molar-refractivity contribution in [3.63, 3.8) is 0 Å². The number of hydrazine groups is 1. The molecule has 1 aromatic rings. The standard InChI is InChI=1S/C15H21ClN6O2/c1-3-9-21(4-2)10-5-8-17-15(12-22(23)24)20-19-14-7-6-13(16)11-18-14/h3-4,6-7,9,11-12,17,20H,2,5,8,10H2,1H3,(H,18,19)/b9-3-,15-12-. The fraction of sp³-hybridized carbons (Fsp3) is 0.267. The summed E-state index contributed by atoms with van der Waals surface area (Å²) in [6.07, 6.45) is 8.64. The van der Waals surface area contributed by atoms with Gasteiger partial charge in [-0.3, -0.25) is 21.0 Å². The predicted molar refractivity (Wildman–Crippen MR) is 95.4 cm³/mol. The molecule has 9 heteroatoms. The molecule has 0 atom stereocenters. The van der Waals surface area contributed by atoms with E-state index < -0.39 is 4.92 Å². The van der Waals surface area contributed by atoms with Crippen molar-refractivity contribution in [1.82, 2.24) is 20.6 Å². The number of nitrogens with one attached hydrogen (secondary N) is 3. The second-order valence-corrected chi connectivity index (χ2v) is 5.06. The van der Waals surface area contributed by atoms with Crippen LogP contribution in [-0.2, 0) is 0 Å². The molecular formula is C15H21ClN6O2. The summed E-state index contributed by atoms with van der Waals surface area (Å²) in [6, 6.07) is 3.31. The lowest BCUT2D eigenvalue weighted by Gasteiger charge is -2.16. The average molecular weight is 353 g/mol. The van der Waals surface area contributed by atoms with E-state index in [4.69, 9.17) is 11.6 Å². The third kappa shape index (κ3) is 8.04. The number of allylic oxidation sites excluding steroid dienone is 1. The first kappa shape index (κ1) is 19.3. The van der Waals surface area contributed by atoms with Crippen molar-refractivity contribution in [3.8, 4) is 0 Å². The molecule has 0 aliphatic heterocycles. The molecular weight excluding hydrogens is 332 g/mol. The molecule has 0 spiro atoms. The second-order valence-electron chi connectivity index (χ2n) is 4.62. The Labute approximate surface area is 146 Å². The van der Waals surface area contributed by atoms with Crippen molar-refractivity contribution in [2.45, 2.75) is 13.3 Å². The minimum Gasteiger partial charge on any atom is -0.365 e. The van der Waals surface area contributed by atoms with Gasteiger partial charge in [-0.05, 0) is 37.9 Å². The van der Waals surface area contributed by atoms with Gasteiger partial charge in [0.1, 0.15) is 5.82 Å². The lowest BCUT2D eigenvalue weighted by Crippen LogP contribution is -2.33. The molecule has 3 N–H and O–H groups in total. The molecule has 0 radical (unpaired) electrons. The Kier molecular flexibility index (Phi) is 8.77. The van der Waals surface area contributed by atoms with Gasteiger partial charge in [-0.25, -0.2) is 4.98 Å². The molecule has 130 valence electrons. The van der Waals surface area contributed by atoms with Crippen LogP contribution in [0.3, 0.4) is 0 Å². The van der Waals surface area contributed by atoms with Gasteiger partial charge in [-0.15, -0.1) is 0 Å². The highest BCUT2D eigenvalue weighted by Crippen LogP contribution is 2.08. The number of pyridine rings is 1. The summed E-state index contributed by atoms with van der Waals surface area (Å²) in [5.41, 5.74) is 5.48. The Bertz CT molecular complexity index is 588. The van der Waals surface area contributed by atoms with Crippen LogP contribution in [0.5, 0.6) is 0 Å². The van der Waals surface area contributed by atoms with Gasteiger partial charge in [0.25, 0.3) is 6.20 Å². The average Bonchev–Trinajstić information content (AvgIpc) is 2.56. The normalized spacial score (nSPS) is 11.2. The Balaban J connectivity index is 2.46. The van der Waals surface area contributed by atoms with Gasteiger partial charge in [-0.1, -0.05) is 24.3 Å². The molecule has 24 heavy (non-hydrogen) atoms. The summed E-state index contributed by atoms with van der Waals surface area (Å²) < 4.78 is 0. The number of aromatic nitrogens is 1. The lowest BCUT2D eigenvalue weighted by molar-refractivity contribution is -0.404. The number of halogens is 1. The quantitative estimate of drug-likeness (QED) is 0.320. The van der Waals surface area contributed by atoms with Gasteiger partial charge in [0.2, 0.25) is 0 Å². The van der Waals surface area contributed by atoms with Crippen molar-refractivity contribution in [1.29, 1.82) is 0 Å². The molecule has 1 aromatic heterocycles. The van der Waals surface area contributed by atoms with E-state index in [1.54, 1.807) is 18.3 Å². The number of hydrogen-bond acceptors (Lipinski definition) is 7. The Hall–Kier alpha value is -2.74. The van der Waals surface area contributed by atoms with Crippen molar-refractivity contribution in [3.05, 3.63) is 70.5 Å². The zero-order valence-corrected chi connectivity index (χ0v) is 14.2. The van der Waals surface area contributed by atoms with Crippen LogP contribution in [0.2, 0.25) is 5.02 Å². The number of nitro groups is 1. The molecule has 0 bridgehead atoms. The zero-order valence-electron chi connectivity index (χ0n) is 13.4. The van der Waals surface area contributed by atoms with E-state index in [-0.39, 0.29) is 5.82 Å². The van der Waals surface area contributed by atoms with Crippen molar-refractivity contribution >= 4 is 17.4 Å². The summed E-state index contributed by atoms with van der Waals surface area (Å²) in [6.45, 7) is 6.94. The zero-order chi connectivity index (χ0) is 17.8. The summed E-state index contributed by atoms with van der Waals surface area (Å²) in [5, 5.41) is 14.2. The van der Waals surface area contributed by atoms with Crippen molar-refractivity contribution in [2.24, 2.45) is 0 Å². The number of rotatable bonds is 11. The summed E-state index contributed by atoms with van der Waals surface area (Å²) in [7, 11) is 0. The lowest BCUT2D eigenvalue weighted by atomic mass is 10.4. The first-order valence-electron chi connectivity index (χ1n) is 7.29. The van der Waals surface area contributed by atoms with E-state index in [1.165, 1.54) is 6.20 Å². The van der Waals surface area contributed by atoms with Gasteiger partial charge in [0, 0.05) is 19.3 Å². The van der Waals surface area contributed by atoms with Crippen LogP contribution in [0.4, 0.5) is 5.82 Å². The van der Waals surface area contributed by atoms with E-state index in [9.17, 15) is 10.1 Å². The van der Waals surface area contributed by atoms with Crippen LogP contribution in [0, 0.1) is 10.1 Å². The van der Waals surface area contributed by atoms with Gasteiger partial charge in [0.05, 0.1) is 9.95 Å². The van der Waals surface area contributed by atoms with Crippen LogP contribution in [0.1, 0.15) is 13.3 Å². The number of anilines is 1. The maximum atomic E-state index is 10.7. The van der Waals surface area contributed by atoms with Crippen LogP contribution in [-0.4, -0.2) is 27.9 Å². The molecule has 0 fully saturated rings. The van der Waals surface area contributed by atoms with Crippen molar-refractivity contribution < 1.29 is 4.92 Å². The molecule has 8 nitrogen and oxygen atoms in total. The highest BCUT2D eigenvalue weighted by atomic mass is 35.5. The highest BCUT2D eigenvalue weighted by molar-refractivity contribution is 6.30. The number of nitrogens with zero attached hydrogens (tertiary/aromatic N) is 3. The molecule has 1 rings (SSSR count). The van der Waals surface area contributed by atoms with E-state index in [2.05, 4.69) is 27.7 Å². The minimum absolute atomic E-state index is 0.230. The maximum Gasteiger partial charge on any atom is 0.275 e. The molecule has 0 saturated carbocycles. The third-order valence-corrected chi connectivity index (χ3v) is 2.99. The summed E-state index contributed by atoms with van der Waals surface area (Å²) in [4.78, 5) is 16.1. The van der Waals surface area contributed by atoms with Crippen LogP contribution in [0.15, 0.2) is 55.4 Å². The maximum absolute atomic E-state index is 10.7. The van der Waals surface area contributed by atoms with Gasteiger partial charge in [0.15, 0.2) is 5.82 Å². The Morgan fingerprint density at radius 1 is 1.54 bits per heavy atom. The van der Waals surface area contributed by atoms with E-state index in [0.717, 1.165) is 19.2 Å². The topological polar surface area (TPSA) is 95.4 Å². The van der Waals surface area contributed by atoms with Crippen LogP contribution >= 0.6 is 11.6 Å².